The average molecular weight is 347 g/mol. The van der Waals surface area contributed by atoms with Crippen LogP contribution >= 0.6 is 11.3 Å². The van der Waals surface area contributed by atoms with E-state index in [1.54, 1.807) is 17.5 Å². The van der Waals surface area contributed by atoms with Gasteiger partial charge >= 0.3 is 5.69 Å². The summed E-state index contributed by atoms with van der Waals surface area (Å²) in [4.78, 5) is 27.2. The highest BCUT2D eigenvalue weighted by molar-refractivity contribution is 7.14. The van der Waals surface area contributed by atoms with Crippen molar-refractivity contribution in [1.29, 1.82) is 0 Å². The Kier molecular flexibility index (Phi) is 4.38. The molecule has 124 valence electrons. The number of hydrogen-bond acceptors (Lipinski definition) is 7. The quantitative estimate of drug-likeness (QED) is 0.520. The predicted octanol–water partition coefficient (Wildman–Crippen LogP) is 3.24. The van der Waals surface area contributed by atoms with Crippen molar-refractivity contribution in [2.75, 3.05) is 5.32 Å². The molecule has 0 saturated heterocycles. The molecule has 0 aliphatic carbocycles. The lowest BCUT2D eigenvalue weighted by Crippen LogP contribution is -2.14. The minimum atomic E-state index is -0.680. The Morgan fingerprint density at radius 3 is 3.04 bits per heavy atom. The Balaban J connectivity index is 1.82. The third kappa shape index (κ3) is 3.04. The maximum absolute atomic E-state index is 12.3. The van der Waals surface area contributed by atoms with Gasteiger partial charge in [0.2, 0.25) is 5.69 Å². The molecule has 10 heteroatoms. The zero-order valence-electron chi connectivity index (χ0n) is 12.6. The Bertz CT molecular complexity index is 868. The first-order chi connectivity index (χ1) is 11.6. The van der Waals surface area contributed by atoms with Crippen molar-refractivity contribution in [2.45, 2.75) is 19.8 Å². The van der Waals surface area contributed by atoms with Gasteiger partial charge in [-0.3, -0.25) is 25.3 Å². The van der Waals surface area contributed by atoms with Crippen LogP contribution in [-0.2, 0) is 6.42 Å². The van der Waals surface area contributed by atoms with Crippen molar-refractivity contribution in [3.63, 3.8) is 0 Å². The van der Waals surface area contributed by atoms with E-state index < -0.39 is 10.8 Å². The number of nitrogens with one attached hydrogen (secondary N) is 2. The number of thiazole rings is 1. The maximum atomic E-state index is 12.3. The Labute approximate surface area is 139 Å². The molecule has 24 heavy (non-hydrogen) atoms. The number of nitro groups is 1. The molecule has 3 heterocycles. The largest absolute Gasteiger partial charge is 0.463 e. The second-order valence-corrected chi connectivity index (χ2v) is 5.73. The molecular weight excluding hydrogens is 334 g/mol. The van der Waals surface area contributed by atoms with Gasteiger partial charge < -0.3 is 4.42 Å². The van der Waals surface area contributed by atoms with Crippen molar-refractivity contribution in [2.24, 2.45) is 0 Å². The molecule has 3 aromatic heterocycles. The number of aromatic amines is 1. The van der Waals surface area contributed by atoms with Crippen molar-refractivity contribution in [3.8, 4) is 11.5 Å². The summed E-state index contributed by atoms with van der Waals surface area (Å²) in [6.07, 6.45) is 2.66. The molecule has 0 unspecified atom stereocenters. The lowest BCUT2D eigenvalue weighted by atomic mass is 10.2. The number of aryl methyl sites for hydroxylation is 1. The third-order valence-electron chi connectivity index (χ3n) is 3.21. The molecule has 0 aromatic carbocycles. The van der Waals surface area contributed by atoms with Crippen LogP contribution in [0.4, 0.5) is 10.8 Å². The van der Waals surface area contributed by atoms with Crippen LogP contribution < -0.4 is 5.32 Å². The van der Waals surface area contributed by atoms with E-state index in [1.807, 2.05) is 6.92 Å². The van der Waals surface area contributed by atoms with Gasteiger partial charge in [-0.25, -0.2) is 4.98 Å². The van der Waals surface area contributed by atoms with Gasteiger partial charge in [0.05, 0.1) is 11.2 Å². The molecule has 3 rings (SSSR count). The normalized spacial score (nSPS) is 10.7. The number of carbonyl (C=O) groups excluding carboxylic acids is 1. The van der Waals surface area contributed by atoms with Gasteiger partial charge in [-0.15, -0.1) is 11.3 Å². The van der Waals surface area contributed by atoms with E-state index in [0.29, 0.717) is 35.1 Å². The fraction of sp³-hybridized carbons (Fsp3) is 0.214. The number of furan rings is 1. The molecule has 0 bridgehead atoms. The summed E-state index contributed by atoms with van der Waals surface area (Å²) in [5.41, 5.74) is 0.363. The number of aromatic nitrogens is 3. The van der Waals surface area contributed by atoms with Crippen molar-refractivity contribution in [1.82, 2.24) is 15.2 Å². The summed E-state index contributed by atoms with van der Waals surface area (Å²) in [6.45, 7) is 1.88. The molecule has 2 N–H and O–H groups in total. The second-order valence-electron chi connectivity index (χ2n) is 4.88. The molecule has 3 aromatic rings. The minimum Gasteiger partial charge on any atom is -0.463 e. The van der Waals surface area contributed by atoms with Gasteiger partial charge in [0.25, 0.3) is 5.91 Å². The Hall–Kier alpha value is -3.01. The van der Waals surface area contributed by atoms with E-state index in [1.165, 1.54) is 17.6 Å². The monoisotopic (exact) mass is 347 g/mol. The van der Waals surface area contributed by atoms with Gasteiger partial charge in [-0.1, -0.05) is 13.3 Å². The van der Waals surface area contributed by atoms with Crippen LogP contribution in [0.15, 0.2) is 28.2 Å². The lowest BCUT2D eigenvalue weighted by Gasteiger charge is -1.98. The topological polar surface area (TPSA) is 127 Å². The van der Waals surface area contributed by atoms with Crippen molar-refractivity contribution < 1.29 is 14.1 Å². The Morgan fingerprint density at radius 2 is 2.38 bits per heavy atom. The summed E-state index contributed by atoms with van der Waals surface area (Å²) in [6, 6.07) is 3.48. The highest BCUT2D eigenvalue weighted by Crippen LogP contribution is 2.27. The summed E-state index contributed by atoms with van der Waals surface area (Å²) in [7, 11) is 0. The molecule has 0 radical (unpaired) electrons. The van der Waals surface area contributed by atoms with Crippen LogP contribution in [0.2, 0.25) is 0 Å². The van der Waals surface area contributed by atoms with E-state index >= 15 is 0 Å². The van der Waals surface area contributed by atoms with Crippen molar-refractivity contribution >= 4 is 28.1 Å². The van der Waals surface area contributed by atoms with Crippen LogP contribution in [0, 0.1) is 10.1 Å². The van der Waals surface area contributed by atoms with E-state index in [9.17, 15) is 14.9 Å². The maximum Gasteiger partial charge on any atom is 0.322 e. The number of nitrogens with zero attached hydrogens (tertiary/aromatic N) is 3. The number of anilines is 1. The number of H-pyrrole nitrogens is 1. The second kappa shape index (κ2) is 6.62. The van der Waals surface area contributed by atoms with Crippen LogP contribution in [-0.4, -0.2) is 26.0 Å². The molecule has 1 amide bonds. The van der Waals surface area contributed by atoms with E-state index in [-0.39, 0.29) is 11.4 Å². The molecule has 0 spiro atoms. The van der Waals surface area contributed by atoms with Gasteiger partial charge in [0.15, 0.2) is 10.9 Å². The highest BCUT2D eigenvalue weighted by atomic mass is 32.1. The smallest absolute Gasteiger partial charge is 0.322 e. The Morgan fingerprint density at radius 1 is 1.54 bits per heavy atom. The lowest BCUT2D eigenvalue weighted by molar-refractivity contribution is -0.385. The SMILES string of the molecule is CCCc1[nH]nc(C(=O)Nc2nc(-c3ccco3)cs2)c1[N+](=O)[O-]. The summed E-state index contributed by atoms with van der Waals surface area (Å²) < 4.78 is 5.23. The summed E-state index contributed by atoms with van der Waals surface area (Å²) in [5, 5.41) is 22.1. The number of hydrogen-bond donors (Lipinski definition) is 2. The van der Waals surface area contributed by atoms with Gasteiger partial charge in [-0.2, -0.15) is 5.10 Å². The molecular formula is C14H13N5O4S. The van der Waals surface area contributed by atoms with Crippen LogP contribution in [0.25, 0.3) is 11.5 Å². The number of carbonyl (C=O) groups is 1. The zero-order valence-corrected chi connectivity index (χ0v) is 13.4. The molecule has 0 saturated carbocycles. The first-order valence-electron chi connectivity index (χ1n) is 7.12. The highest BCUT2D eigenvalue weighted by Gasteiger charge is 2.29. The fourth-order valence-corrected chi connectivity index (χ4v) is 2.87. The third-order valence-corrected chi connectivity index (χ3v) is 3.97. The van der Waals surface area contributed by atoms with Crippen LogP contribution in [0.5, 0.6) is 0 Å². The van der Waals surface area contributed by atoms with Crippen LogP contribution in [0.1, 0.15) is 29.5 Å². The van der Waals surface area contributed by atoms with E-state index in [0.717, 1.165) is 0 Å². The molecule has 0 atom stereocenters. The molecule has 0 aliphatic heterocycles. The number of amides is 1. The first-order valence-corrected chi connectivity index (χ1v) is 8.00. The first kappa shape index (κ1) is 15.9. The average Bonchev–Trinajstić information content (AvgIpc) is 3.27. The molecule has 9 nitrogen and oxygen atoms in total. The minimum absolute atomic E-state index is 0.252. The van der Waals surface area contributed by atoms with Gasteiger partial charge in [0.1, 0.15) is 11.4 Å². The molecule has 0 fully saturated rings. The van der Waals surface area contributed by atoms with Crippen molar-refractivity contribution in [3.05, 3.63) is 45.3 Å². The standard InChI is InChI=1S/C14H13N5O4S/c1-2-4-8-12(19(21)22)11(18-17-8)13(20)16-14-15-9(7-24-14)10-5-3-6-23-10/h3,5-7H,2,4H2,1H3,(H,17,18)(H,15,16,20). The summed E-state index contributed by atoms with van der Waals surface area (Å²) in [5.74, 6) is -0.108. The van der Waals surface area contributed by atoms with E-state index in [4.69, 9.17) is 4.42 Å². The van der Waals surface area contributed by atoms with Crippen LogP contribution in [0.3, 0.4) is 0 Å². The number of rotatable bonds is 6. The summed E-state index contributed by atoms with van der Waals surface area (Å²) >= 11 is 1.19. The van der Waals surface area contributed by atoms with E-state index in [2.05, 4.69) is 20.5 Å². The fourth-order valence-electron chi connectivity index (χ4n) is 2.18. The van der Waals surface area contributed by atoms with Gasteiger partial charge in [-0.05, 0) is 18.6 Å². The zero-order chi connectivity index (χ0) is 17.1. The predicted molar refractivity (Wildman–Crippen MR) is 87.0 cm³/mol. The molecule has 0 aliphatic rings. The van der Waals surface area contributed by atoms with Gasteiger partial charge in [0, 0.05) is 5.38 Å².